The standard InChI is InChI=1S/C14H22N2O4S/c1-11-4-5-13(10-12(11)2)21(18,19)16-7-6-14(17)15-8-9-20-3/h4-5,10,16H,6-9H2,1-3H3,(H,15,17). The number of rotatable bonds is 8. The molecule has 0 aliphatic rings. The predicted molar refractivity (Wildman–Crippen MR) is 80.6 cm³/mol. The van der Waals surface area contributed by atoms with E-state index in [1.54, 1.807) is 25.3 Å². The van der Waals surface area contributed by atoms with E-state index in [9.17, 15) is 13.2 Å². The Bertz CT molecular complexity index is 585. The fraction of sp³-hybridized carbons (Fsp3) is 0.500. The summed E-state index contributed by atoms with van der Waals surface area (Å²) in [4.78, 5) is 11.7. The molecule has 0 heterocycles. The van der Waals surface area contributed by atoms with Crippen LogP contribution in [0.5, 0.6) is 0 Å². The van der Waals surface area contributed by atoms with E-state index >= 15 is 0 Å². The lowest BCUT2D eigenvalue weighted by molar-refractivity contribution is -0.121. The summed E-state index contributed by atoms with van der Waals surface area (Å²) in [6, 6.07) is 4.95. The van der Waals surface area contributed by atoms with Gasteiger partial charge in [-0.05, 0) is 37.1 Å². The van der Waals surface area contributed by atoms with Crippen molar-refractivity contribution in [1.82, 2.24) is 10.0 Å². The van der Waals surface area contributed by atoms with Gasteiger partial charge in [0.25, 0.3) is 0 Å². The summed E-state index contributed by atoms with van der Waals surface area (Å²) in [5.74, 6) is -0.213. The summed E-state index contributed by atoms with van der Waals surface area (Å²) in [6.07, 6.45) is 0.0911. The minimum absolute atomic E-state index is 0.0636. The van der Waals surface area contributed by atoms with Gasteiger partial charge in [0.05, 0.1) is 11.5 Å². The van der Waals surface area contributed by atoms with Crippen LogP contribution in [0.2, 0.25) is 0 Å². The average molecular weight is 314 g/mol. The van der Waals surface area contributed by atoms with Crippen molar-refractivity contribution in [3.63, 3.8) is 0 Å². The van der Waals surface area contributed by atoms with E-state index in [-0.39, 0.29) is 23.8 Å². The maximum Gasteiger partial charge on any atom is 0.240 e. The fourth-order valence-electron chi connectivity index (χ4n) is 1.64. The molecule has 0 unspecified atom stereocenters. The lowest BCUT2D eigenvalue weighted by Crippen LogP contribution is -2.32. The van der Waals surface area contributed by atoms with Crippen molar-refractivity contribution in [2.24, 2.45) is 0 Å². The Kier molecular flexibility index (Phi) is 6.80. The number of nitrogens with one attached hydrogen (secondary N) is 2. The van der Waals surface area contributed by atoms with Gasteiger partial charge in [-0.15, -0.1) is 0 Å². The lowest BCUT2D eigenvalue weighted by atomic mass is 10.1. The quantitative estimate of drug-likeness (QED) is 0.693. The van der Waals surface area contributed by atoms with Gasteiger partial charge < -0.3 is 10.1 Å². The molecule has 0 aromatic heterocycles. The number of benzene rings is 1. The Hall–Kier alpha value is -1.44. The lowest BCUT2D eigenvalue weighted by Gasteiger charge is -2.09. The third kappa shape index (κ3) is 5.82. The van der Waals surface area contributed by atoms with Crippen molar-refractivity contribution in [1.29, 1.82) is 0 Å². The molecule has 0 saturated carbocycles. The topological polar surface area (TPSA) is 84.5 Å². The van der Waals surface area contributed by atoms with Crippen LogP contribution in [0.15, 0.2) is 23.1 Å². The Balaban J connectivity index is 2.50. The summed E-state index contributed by atoms with van der Waals surface area (Å²) in [5, 5.41) is 2.63. The first-order valence-electron chi connectivity index (χ1n) is 6.69. The molecule has 0 aliphatic heterocycles. The van der Waals surface area contributed by atoms with Crippen LogP contribution in [-0.4, -0.2) is 41.1 Å². The second-order valence-corrected chi connectivity index (χ2v) is 6.50. The molecule has 7 heteroatoms. The van der Waals surface area contributed by atoms with E-state index in [2.05, 4.69) is 10.0 Å². The molecule has 6 nitrogen and oxygen atoms in total. The van der Waals surface area contributed by atoms with E-state index in [0.29, 0.717) is 13.2 Å². The highest BCUT2D eigenvalue weighted by atomic mass is 32.2. The van der Waals surface area contributed by atoms with Crippen LogP contribution in [0.3, 0.4) is 0 Å². The van der Waals surface area contributed by atoms with Crippen molar-refractivity contribution in [3.8, 4) is 0 Å². The van der Waals surface area contributed by atoms with Crippen molar-refractivity contribution >= 4 is 15.9 Å². The molecule has 1 amide bonds. The van der Waals surface area contributed by atoms with E-state index in [4.69, 9.17) is 4.74 Å². The Morgan fingerprint density at radius 1 is 1.19 bits per heavy atom. The van der Waals surface area contributed by atoms with Gasteiger partial charge in [0.2, 0.25) is 15.9 Å². The van der Waals surface area contributed by atoms with Crippen LogP contribution in [0, 0.1) is 13.8 Å². The predicted octanol–water partition coefficient (Wildman–Crippen LogP) is 0.734. The maximum atomic E-state index is 12.1. The summed E-state index contributed by atoms with van der Waals surface area (Å²) < 4.78 is 31.4. The zero-order valence-electron chi connectivity index (χ0n) is 12.6. The monoisotopic (exact) mass is 314 g/mol. The highest BCUT2D eigenvalue weighted by Crippen LogP contribution is 2.14. The molecule has 0 bridgehead atoms. The second kappa shape index (κ2) is 8.11. The minimum atomic E-state index is -3.58. The number of carbonyl (C=O) groups excluding carboxylic acids is 1. The number of methoxy groups -OCH3 is 1. The highest BCUT2D eigenvalue weighted by Gasteiger charge is 2.14. The maximum absolute atomic E-state index is 12.1. The summed E-state index contributed by atoms with van der Waals surface area (Å²) in [7, 11) is -2.03. The third-order valence-electron chi connectivity index (χ3n) is 3.06. The molecular weight excluding hydrogens is 292 g/mol. The Labute approximate surface area is 125 Å². The van der Waals surface area contributed by atoms with Crippen molar-refractivity contribution in [2.45, 2.75) is 25.2 Å². The van der Waals surface area contributed by atoms with E-state index < -0.39 is 10.0 Å². The molecule has 0 saturated heterocycles. The molecule has 21 heavy (non-hydrogen) atoms. The van der Waals surface area contributed by atoms with Crippen molar-refractivity contribution in [2.75, 3.05) is 26.8 Å². The molecule has 0 spiro atoms. The average Bonchev–Trinajstić information content (AvgIpc) is 2.42. The van der Waals surface area contributed by atoms with Crippen LogP contribution >= 0.6 is 0 Å². The first-order chi connectivity index (χ1) is 9.86. The van der Waals surface area contributed by atoms with Gasteiger partial charge in [0.1, 0.15) is 0 Å². The van der Waals surface area contributed by atoms with Crippen LogP contribution in [0.1, 0.15) is 17.5 Å². The van der Waals surface area contributed by atoms with Gasteiger partial charge in [0.15, 0.2) is 0 Å². The van der Waals surface area contributed by atoms with Gasteiger partial charge >= 0.3 is 0 Å². The van der Waals surface area contributed by atoms with Crippen molar-refractivity contribution in [3.05, 3.63) is 29.3 Å². The van der Waals surface area contributed by atoms with Crippen LogP contribution in [0.4, 0.5) is 0 Å². The molecule has 0 radical (unpaired) electrons. The van der Waals surface area contributed by atoms with Gasteiger partial charge in [-0.1, -0.05) is 6.07 Å². The number of amides is 1. The molecule has 2 N–H and O–H groups in total. The third-order valence-corrected chi connectivity index (χ3v) is 4.52. The summed E-state index contributed by atoms with van der Waals surface area (Å²) in [5.41, 5.74) is 1.95. The van der Waals surface area contributed by atoms with E-state index in [1.807, 2.05) is 13.8 Å². The number of carbonyl (C=O) groups is 1. The number of ether oxygens (including phenoxy) is 1. The van der Waals surface area contributed by atoms with Crippen LogP contribution in [-0.2, 0) is 19.6 Å². The zero-order chi connectivity index (χ0) is 15.9. The normalized spacial score (nSPS) is 11.4. The Morgan fingerprint density at radius 2 is 1.90 bits per heavy atom. The SMILES string of the molecule is COCCNC(=O)CCNS(=O)(=O)c1ccc(C)c(C)c1. The molecular formula is C14H22N2O4S. The van der Waals surface area contributed by atoms with E-state index in [1.165, 1.54) is 0 Å². The Morgan fingerprint density at radius 3 is 2.52 bits per heavy atom. The molecule has 1 aromatic rings. The molecule has 0 fully saturated rings. The van der Waals surface area contributed by atoms with Crippen LogP contribution in [0.25, 0.3) is 0 Å². The molecule has 0 aliphatic carbocycles. The second-order valence-electron chi connectivity index (χ2n) is 4.74. The highest BCUT2D eigenvalue weighted by molar-refractivity contribution is 7.89. The molecule has 118 valence electrons. The summed E-state index contributed by atoms with van der Waals surface area (Å²) in [6.45, 7) is 4.69. The largest absolute Gasteiger partial charge is 0.383 e. The molecule has 0 atom stereocenters. The number of hydrogen-bond donors (Lipinski definition) is 2. The van der Waals surface area contributed by atoms with E-state index in [0.717, 1.165) is 11.1 Å². The first-order valence-corrected chi connectivity index (χ1v) is 8.17. The first kappa shape index (κ1) is 17.6. The van der Waals surface area contributed by atoms with Gasteiger partial charge in [-0.3, -0.25) is 4.79 Å². The number of hydrogen-bond acceptors (Lipinski definition) is 4. The molecule has 1 rings (SSSR count). The molecule has 1 aromatic carbocycles. The van der Waals surface area contributed by atoms with Gasteiger partial charge in [-0.25, -0.2) is 13.1 Å². The number of aryl methyl sites for hydroxylation is 2. The van der Waals surface area contributed by atoms with Gasteiger partial charge in [-0.2, -0.15) is 0 Å². The zero-order valence-corrected chi connectivity index (χ0v) is 13.4. The van der Waals surface area contributed by atoms with Gasteiger partial charge in [0, 0.05) is 26.6 Å². The van der Waals surface area contributed by atoms with Crippen LogP contribution < -0.4 is 10.0 Å². The smallest absolute Gasteiger partial charge is 0.240 e. The number of sulfonamides is 1. The summed E-state index contributed by atoms with van der Waals surface area (Å²) >= 11 is 0. The van der Waals surface area contributed by atoms with Crippen molar-refractivity contribution < 1.29 is 17.9 Å². The minimum Gasteiger partial charge on any atom is -0.383 e. The fourth-order valence-corrected chi connectivity index (χ4v) is 2.76.